The summed E-state index contributed by atoms with van der Waals surface area (Å²) in [5.74, 6) is 1.69. The number of hydrogen-bond acceptors (Lipinski definition) is 5. The number of carbonyl (C=O) groups is 1. The molecule has 0 N–H and O–H groups in total. The van der Waals surface area contributed by atoms with Crippen LogP contribution in [0.2, 0.25) is 0 Å². The van der Waals surface area contributed by atoms with Crippen molar-refractivity contribution in [3.63, 3.8) is 0 Å². The summed E-state index contributed by atoms with van der Waals surface area (Å²) >= 11 is 0. The number of hydrogen-bond donors (Lipinski definition) is 0. The second-order valence-corrected chi connectivity index (χ2v) is 6.80. The van der Waals surface area contributed by atoms with Crippen molar-refractivity contribution in [3.8, 4) is 0 Å². The molecule has 3 heterocycles. The zero-order valence-corrected chi connectivity index (χ0v) is 14.3. The van der Waals surface area contributed by atoms with Crippen LogP contribution in [0, 0.1) is 0 Å². The highest BCUT2D eigenvalue weighted by atomic mass is 16.2. The third kappa shape index (κ3) is 3.48. The van der Waals surface area contributed by atoms with Crippen molar-refractivity contribution < 1.29 is 4.79 Å². The summed E-state index contributed by atoms with van der Waals surface area (Å²) in [7, 11) is 0. The molecule has 2 aromatic rings. The van der Waals surface area contributed by atoms with E-state index in [1.165, 1.54) is 25.0 Å². The Kier molecular flexibility index (Phi) is 4.59. The van der Waals surface area contributed by atoms with E-state index in [0.29, 0.717) is 18.0 Å². The second kappa shape index (κ2) is 7.17. The number of anilines is 1. The lowest BCUT2D eigenvalue weighted by Crippen LogP contribution is -2.35. The minimum absolute atomic E-state index is 0.0853. The fourth-order valence-corrected chi connectivity index (χ4v) is 3.49. The maximum Gasteiger partial charge on any atom is 0.254 e. The van der Waals surface area contributed by atoms with E-state index < -0.39 is 0 Å². The lowest BCUT2D eigenvalue weighted by molar-refractivity contribution is 0.0767. The van der Waals surface area contributed by atoms with Gasteiger partial charge in [0.2, 0.25) is 0 Å². The number of rotatable bonds is 3. The summed E-state index contributed by atoms with van der Waals surface area (Å²) in [6.07, 6.45) is 9.75. The molecule has 6 nitrogen and oxygen atoms in total. The van der Waals surface area contributed by atoms with Crippen LogP contribution in [0.15, 0.2) is 36.9 Å². The molecule has 1 saturated heterocycles. The van der Waals surface area contributed by atoms with Crippen LogP contribution in [0.5, 0.6) is 0 Å². The summed E-state index contributed by atoms with van der Waals surface area (Å²) in [5.41, 5.74) is 1.88. The summed E-state index contributed by atoms with van der Waals surface area (Å²) in [6, 6.07) is 5.70. The van der Waals surface area contributed by atoms with Crippen LogP contribution in [0.25, 0.3) is 0 Å². The van der Waals surface area contributed by atoms with Gasteiger partial charge in [0, 0.05) is 61.8 Å². The number of nitrogens with zero attached hydrogens (tertiary/aromatic N) is 5. The Morgan fingerprint density at radius 1 is 1.00 bits per heavy atom. The summed E-state index contributed by atoms with van der Waals surface area (Å²) in [5, 5.41) is 0. The number of carbonyl (C=O) groups excluding carboxylic acids is 1. The van der Waals surface area contributed by atoms with Gasteiger partial charge < -0.3 is 9.80 Å². The van der Waals surface area contributed by atoms with Gasteiger partial charge in [-0.1, -0.05) is 6.42 Å². The summed E-state index contributed by atoms with van der Waals surface area (Å²) < 4.78 is 0. The molecule has 1 aliphatic carbocycles. The van der Waals surface area contributed by atoms with Crippen molar-refractivity contribution in [2.45, 2.75) is 31.6 Å². The van der Waals surface area contributed by atoms with Gasteiger partial charge in [0.1, 0.15) is 12.1 Å². The van der Waals surface area contributed by atoms with Crippen LogP contribution in [-0.4, -0.2) is 51.9 Å². The molecule has 1 amide bonds. The number of aromatic nitrogens is 3. The predicted molar refractivity (Wildman–Crippen MR) is 95.6 cm³/mol. The quantitative estimate of drug-likeness (QED) is 0.861. The maximum absolute atomic E-state index is 12.6. The van der Waals surface area contributed by atoms with Crippen molar-refractivity contribution in [1.29, 1.82) is 0 Å². The smallest absolute Gasteiger partial charge is 0.254 e. The Labute approximate surface area is 147 Å². The minimum atomic E-state index is 0.0853. The summed E-state index contributed by atoms with van der Waals surface area (Å²) in [4.78, 5) is 29.8. The first-order valence-electron chi connectivity index (χ1n) is 9.07. The average Bonchev–Trinajstić information content (AvgIpc) is 2.87. The number of amides is 1. The normalized spacial score (nSPS) is 18.6. The van der Waals surface area contributed by atoms with Crippen LogP contribution in [0.4, 0.5) is 5.82 Å². The molecule has 6 heteroatoms. The van der Waals surface area contributed by atoms with E-state index >= 15 is 0 Å². The van der Waals surface area contributed by atoms with E-state index in [2.05, 4.69) is 25.9 Å². The fraction of sp³-hybridized carbons (Fsp3) is 0.474. The van der Waals surface area contributed by atoms with Gasteiger partial charge in [0.05, 0.1) is 0 Å². The molecule has 0 bridgehead atoms. The van der Waals surface area contributed by atoms with Crippen molar-refractivity contribution in [1.82, 2.24) is 19.9 Å². The van der Waals surface area contributed by atoms with Gasteiger partial charge in [0.25, 0.3) is 5.91 Å². The molecule has 1 aliphatic heterocycles. The van der Waals surface area contributed by atoms with Crippen molar-refractivity contribution in [2.75, 3.05) is 31.1 Å². The molecule has 0 atom stereocenters. The Hall–Kier alpha value is -2.50. The fourth-order valence-electron chi connectivity index (χ4n) is 3.49. The molecule has 0 aromatic carbocycles. The molecular formula is C19H23N5O. The van der Waals surface area contributed by atoms with E-state index in [9.17, 15) is 4.79 Å². The molecule has 25 heavy (non-hydrogen) atoms. The molecule has 4 rings (SSSR count). The second-order valence-electron chi connectivity index (χ2n) is 6.80. The van der Waals surface area contributed by atoms with E-state index in [0.717, 1.165) is 31.9 Å². The number of pyridine rings is 1. The van der Waals surface area contributed by atoms with Gasteiger partial charge in [-0.15, -0.1) is 0 Å². The molecule has 0 radical (unpaired) electrons. The molecule has 2 fully saturated rings. The van der Waals surface area contributed by atoms with Crippen molar-refractivity contribution >= 4 is 11.7 Å². The van der Waals surface area contributed by atoms with Gasteiger partial charge >= 0.3 is 0 Å². The van der Waals surface area contributed by atoms with Crippen LogP contribution >= 0.6 is 0 Å². The lowest BCUT2D eigenvalue weighted by Gasteiger charge is -2.27. The average molecular weight is 337 g/mol. The minimum Gasteiger partial charge on any atom is -0.355 e. The first-order valence-corrected chi connectivity index (χ1v) is 9.07. The first-order chi connectivity index (χ1) is 12.3. The Bertz CT molecular complexity index is 732. The molecular weight excluding hydrogens is 314 g/mol. The molecule has 1 saturated carbocycles. The highest BCUT2D eigenvalue weighted by Gasteiger charge is 2.24. The zero-order valence-electron chi connectivity index (χ0n) is 14.3. The molecule has 130 valence electrons. The van der Waals surface area contributed by atoms with Gasteiger partial charge in [-0.05, 0) is 31.4 Å². The van der Waals surface area contributed by atoms with Crippen LogP contribution in [-0.2, 0) is 0 Å². The van der Waals surface area contributed by atoms with Crippen LogP contribution in [0.1, 0.15) is 47.7 Å². The van der Waals surface area contributed by atoms with Gasteiger partial charge in [-0.2, -0.15) is 0 Å². The topological polar surface area (TPSA) is 62.2 Å². The molecule has 2 aromatic heterocycles. The Balaban J connectivity index is 1.44. The lowest BCUT2D eigenvalue weighted by atomic mass is 9.83. The SMILES string of the molecule is O=C(c1ccncc1)N1CCCN(c2cc(C3CCC3)ncn2)CC1. The monoisotopic (exact) mass is 337 g/mol. The van der Waals surface area contributed by atoms with E-state index in [1.54, 1.807) is 30.9 Å². The largest absolute Gasteiger partial charge is 0.355 e. The maximum atomic E-state index is 12.6. The third-order valence-electron chi connectivity index (χ3n) is 5.23. The molecule has 0 spiro atoms. The Morgan fingerprint density at radius 3 is 2.60 bits per heavy atom. The van der Waals surface area contributed by atoms with E-state index in [4.69, 9.17) is 0 Å². The van der Waals surface area contributed by atoms with E-state index in [1.807, 2.05) is 4.90 Å². The van der Waals surface area contributed by atoms with Crippen LogP contribution in [0.3, 0.4) is 0 Å². The van der Waals surface area contributed by atoms with Gasteiger partial charge in [-0.3, -0.25) is 9.78 Å². The predicted octanol–water partition coefficient (Wildman–Crippen LogP) is 2.49. The highest BCUT2D eigenvalue weighted by Crippen LogP contribution is 2.35. The van der Waals surface area contributed by atoms with Crippen LogP contribution < -0.4 is 4.90 Å². The highest BCUT2D eigenvalue weighted by molar-refractivity contribution is 5.94. The first kappa shape index (κ1) is 16.0. The summed E-state index contributed by atoms with van der Waals surface area (Å²) in [6.45, 7) is 3.21. The van der Waals surface area contributed by atoms with Gasteiger partial charge in [0.15, 0.2) is 0 Å². The van der Waals surface area contributed by atoms with Crippen molar-refractivity contribution in [2.24, 2.45) is 0 Å². The van der Waals surface area contributed by atoms with Crippen molar-refractivity contribution in [3.05, 3.63) is 48.2 Å². The standard InChI is InChI=1S/C19H23N5O/c25-19(16-5-7-20-8-6-16)24-10-2-9-23(11-12-24)18-13-17(21-14-22-18)15-3-1-4-15/h5-8,13-15H,1-4,9-12H2. The molecule has 0 unspecified atom stereocenters. The molecule has 2 aliphatic rings. The third-order valence-corrected chi connectivity index (χ3v) is 5.23. The van der Waals surface area contributed by atoms with E-state index in [-0.39, 0.29) is 5.91 Å². The van der Waals surface area contributed by atoms with Gasteiger partial charge in [-0.25, -0.2) is 9.97 Å². The Morgan fingerprint density at radius 2 is 1.84 bits per heavy atom. The zero-order chi connectivity index (χ0) is 17.1.